The largest absolute Gasteiger partial charge is 0.497 e. The SMILES string of the molecule is COc1ccc(SCC(=O)Nc2c(C)cc(C)cc2Cl)cc1. The highest BCUT2D eigenvalue weighted by Crippen LogP contribution is 2.28. The molecule has 2 aromatic carbocycles. The number of benzene rings is 2. The number of aryl methyl sites for hydroxylation is 2. The van der Waals surface area contributed by atoms with Crippen molar-refractivity contribution in [1.82, 2.24) is 0 Å². The lowest BCUT2D eigenvalue weighted by atomic mass is 10.1. The second kappa shape index (κ2) is 7.56. The van der Waals surface area contributed by atoms with Gasteiger partial charge >= 0.3 is 0 Å². The molecule has 0 atom stereocenters. The van der Waals surface area contributed by atoms with Gasteiger partial charge in [-0.2, -0.15) is 0 Å². The molecule has 0 aliphatic rings. The fraction of sp³-hybridized carbons (Fsp3) is 0.235. The van der Waals surface area contributed by atoms with Crippen molar-refractivity contribution in [2.45, 2.75) is 18.7 Å². The van der Waals surface area contributed by atoms with Gasteiger partial charge in [0.25, 0.3) is 0 Å². The number of anilines is 1. The second-order valence-corrected chi connectivity index (χ2v) is 6.41. The van der Waals surface area contributed by atoms with Crippen molar-refractivity contribution < 1.29 is 9.53 Å². The molecule has 1 N–H and O–H groups in total. The molecule has 116 valence electrons. The average molecular weight is 336 g/mol. The van der Waals surface area contributed by atoms with Gasteiger partial charge in [0.15, 0.2) is 0 Å². The quantitative estimate of drug-likeness (QED) is 0.805. The van der Waals surface area contributed by atoms with Crippen molar-refractivity contribution in [3.63, 3.8) is 0 Å². The monoisotopic (exact) mass is 335 g/mol. The first kappa shape index (κ1) is 16.7. The lowest BCUT2D eigenvalue weighted by Gasteiger charge is -2.11. The first-order valence-corrected chi connectivity index (χ1v) is 8.19. The zero-order valence-electron chi connectivity index (χ0n) is 12.8. The highest BCUT2D eigenvalue weighted by molar-refractivity contribution is 8.00. The highest BCUT2D eigenvalue weighted by atomic mass is 35.5. The van der Waals surface area contributed by atoms with E-state index in [1.165, 1.54) is 11.8 Å². The van der Waals surface area contributed by atoms with E-state index in [0.717, 1.165) is 21.8 Å². The molecule has 5 heteroatoms. The molecule has 0 spiro atoms. The van der Waals surface area contributed by atoms with Crippen LogP contribution in [0, 0.1) is 13.8 Å². The molecule has 0 saturated heterocycles. The van der Waals surface area contributed by atoms with Gasteiger partial charge in [0.1, 0.15) is 5.75 Å². The van der Waals surface area contributed by atoms with Gasteiger partial charge < -0.3 is 10.1 Å². The summed E-state index contributed by atoms with van der Waals surface area (Å²) in [6.07, 6.45) is 0. The number of thioether (sulfide) groups is 1. The molecule has 22 heavy (non-hydrogen) atoms. The number of nitrogens with one attached hydrogen (secondary N) is 1. The minimum absolute atomic E-state index is 0.0744. The number of methoxy groups -OCH3 is 1. The van der Waals surface area contributed by atoms with Crippen molar-refractivity contribution in [3.8, 4) is 5.75 Å². The van der Waals surface area contributed by atoms with Gasteiger partial charge in [-0.1, -0.05) is 17.7 Å². The molecule has 0 unspecified atom stereocenters. The van der Waals surface area contributed by atoms with E-state index >= 15 is 0 Å². The van der Waals surface area contributed by atoms with Gasteiger partial charge in [0, 0.05) is 4.90 Å². The molecule has 0 aromatic heterocycles. The second-order valence-electron chi connectivity index (χ2n) is 4.95. The number of ether oxygens (including phenoxy) is 1. The average Bonchev–Trinajstić information content (AvgIpc) is 2.49. The van der Waals surface area contributed by atoms with Gasteiger partial charge in [-0.05, 0) is 55.3 Å². The number of rotatable bonds is 5. The molecular formula is C17H18ClNO2S. The minimum atomic E-state index is -0.0744. The molecule has 2 rings (SSSR count). The van der Waals surface area contributed by atoms with Crippen LogP contribution in [-0.2, 0) is 4.79 Å². The van der Waals surface area contributed by atoms with Crippen molar-refractivity contribution in [2.75, 3.05) is 18.2 Å². The Balaban J connectivity index is 1.95. The fourth-order valence-electron chi connectivity index (χ4n) is 2.07. The molecule has 1 amide bonds. The number of halogens is 1. The van der Waals surface area contributed by atoms with Gasteiger partial charge in [0.05, 0.1) is 23.6 Å². The molecule has 0 aliphatic carbocycles. The van der Waals surface area contributed by atoms with Gasteiger partial charge in [-0.3, -0.25) is 4.79 Å². The maximum atomic E-state index is 12.1. The van der Waals surface area contributed by atoms with E-state index in [0.29, 0.717) is 16.5 Å². The van der Waals surface area contributed by atoms with E-state index in [9.17, 15) is 4.79 Å². The number of hydrogen-bond acceptors (Lipinski definition) is 3. The van der Waals surface area contributed by atoms with Crippen molar-refractivity contribution >= 4 is 35.0 Å². The summed E-state index contributed by atoms with van der Waals surface area (Å²) in [5.41, 5.74) is 2.73. The van der Waals surface area contributed by atoms with Gasteiger partial charge in [-0.15, -0.1) is 11.8 Å². The summed E-state index contributed by atoms with van der Waals surface area (Å²) in [7, 11) is 1.63. The molecule has 0 radical (unpaired) electrons. The molecule has 2 aromatic rings. The normalized spacial score (nSPS) is 10.4. The van der Waals surface area contributed by atoms with E-state index in [1.54, 1.807) is 7.11 Å². The van der Waals surface area contributed by atoms with Crippen molar-refractivity contribution in [1.29, 1.82) is 0 Å². The Morgan fingerprint density at radius 2 is 1.91 bits per heavy atom. The van der Waals surface area contributed by atoms with Crippen LogP contribution in [0.1, 0.15) is 11.1 Å². The summed E-state index contributed by atoms with van der Waals surface area (Å²) < 4.78 is 5.11. The van der Waals surface area contributed by atoms with Crippen molar-refractivity contribution in [2.24, 2.45) is 0 Å². The predicted octanol–water partition coefficient (Wildman–Crippen LogP) is 4.70. The molecule has 3 nitrogen and oxygen atoms in total. The number of amides is 1. The standard InChI is InChI=1S/C17H18ClNO2S/c1-11-8-12(2)17(15(18)9-11)19-16(20)10-22-14-6-4-13(21-3)5-7-14/h4-9H,10H2,1-3H3,(H,19,20). The number of carbonyl (C=O) groups is 1. The lowest BCUT2D eigenvalue weighted by molar-refractivity contribution is -0.113. The zero-order chi connectivity index (χ0) is 16.1. The molecular weight excluding hydrogens is 318 g/mol. The summed E-state index contributed by atoms with van der Waals surface area (Å²) in [6, 6.07) is 11.5. The van der Waals surface area contributed by atoms with Crippen LogP contribution in [0.5, 0.6) is 5.75 Å². The number of hydrogen-bond donors (Lipinski definition) is 1. The van der Waals surface area contributed by atoms with E-state index in [2.05, 4.69) is 5.32 Å². The van der Waals surface area contributed by atoms with Crippen LogP contribution in [0.2, 0.25) is 5.02 Å². The molecule has 0 aliphatic heterocycles. The summed E-state index contributed by atoms with van der Waals surface area (Å²) >= 11 is 7.67. The van der Waals surface area contributed by atoms with E-state index < -0.39 is 0 Å². The lowest BCUT2D eigenvalue weighted by Crippen LogP contribution is -2.15. The Bertz CT molecular complexity index is 648. The fourth-order valence-corrected chi connectivity index (χ4v) is 3.14. The Kier molecular flexibility index (Phi) is 5.75. The Hall–Kier alpha value is -1.65. The van der Waals surface area contributed by atoms with Crippen LogP contribution in [0.3, 0.4) is 0 Å². The maximum absolute atomic E-state index is 12.1. The van der Waals surface area contributed by atoms with Gasteiger partial charge in [0.2, 0.25) is 5.91 Å². The summed E-state index contributed by atoms with van der Waals surface area (Å²) in [5.74, 6) is 1.06. The smallest absolute Gasteiger partial charge is 0.234 e. The van der Waals surface area contributed by atoms with Crippen LogP contribution in [0.15, 0.2) is 41.3 Å². The summed E-state index contributed by atoms with van der Waals surface area (Å²) in [4.78, 5) is 13.1. The highest BCUT2D eigenvalue weighted by Gasteiger charge is 2.10. The van der Waals surface area contributed by atoms with Crippen LogP contribution < -0.4 is 10.1 Å². The first-order valence-electron chi connectivity index (χ1n) is 6.83. The Labute approximate surface area is 140 Å². The Morgan fingerprint density at radius 1 is 1.23 bits per heavy atom. The molecule has 0 saturated carbocycles. The summed E-state index contributed by atoms with van der Waals surface area (Å²) in [6.45, 7) is 3.91. The zero-order valence-corrected chi connectivity index (χ0v) is 14.3. The topological polar surface area (TPSA) is 38.3 Å². The minimum Gasteiger partial charge on any atom is -0.497 e. The third-order valence-corrected chi connectivity index (χ3v) is 4.44. The molecule has 0 heterocycles. The van der Waals surface area contributed by atoms with Crippen LogP contribution in [-0.4, -0.2) is 18.8 Å². The third-order valence-electron chi connectivity index (χ3n) is 3.13. The summed E-state index contributed by atoms with van der Waals surface area (Å²) in [5, 5.41) is 3.45. The third kappa shape index (κ3) is 4.42. The van der Waals surface area contributed by atoms with Crippen LogP contribution in [0.4, 0.5) is 5.69 Å². The molecule has 0 fully saturated rings. The predicted molar refractivity (Wildman–Crippen MR) is 93.3 cm³/mol. The molecule has 0 bridgehead atoms. The first-order chi connectivity index (χ1) is 10.5. The Morgan fingerprint density at radius 3 is 2.50 bits per heavy atom. The number of carbonyl (C=O) groups excluding carboxylic acids is 1. The maximum Gasteiger partial charge on any atom is 0.234 e. The van der Waals surface area contributed by atoms with Crippen molar-refractivity contribution in [3.05, 3.63) is 52.5 Å². The van der Waals surface area contributed by atoms with Crippen LogP contribution >= 0.6 is 23.4 Å². The van der Waals surface area contributed by atoms with E-state index in [1.807, 2.05) is 50.2 Å². The van der Waals surface area contributed by atoms with E-state index in [4.69, 9.17) is 16.3 Å². The van der Waals surface area contributed by atoms with E-state index in [-0.39, 0.29) is 5.91 Å². The van der Waals surface area contributed by atoms with Gasteiger partial charge in [-0.25, -0.2) is 0 Å². The van der Waals surface area contributed by atoms with Crippen LogP contribution in [0.25, 0.3) is 0 Å².